The molecule has 1 aromatic carbocycles. The van der Waals surface area contributed by atoms with Crippen molar-refractivity contribution in [3.63, 3.8) is 0 Å². The Morgan fingerprint density at radius 1 is 1.20 bits per heavy atom. The molecule has 0 radical (unpaired) electrons. The summed E-state index contributed by atoms with van der Waals surface area (Å²) >= 11 is 0. The van der Waals surface area contributed by atoms with Gasteiger partial charge in [-0.15, -0.1) is 12.4 Å². The maximum Gasteiger partial charge on any atom is 0.135 e. The maximum absolute atomic E-state index is 5.49. The fourth-order valence-electron chi connectivity index (χ4n) is 1.74. The van der Waals surface area contributed by atoms with Gasteiger partial charge >= 0.3 is 0 Å². The number of fused-ring (bicyclic) bond motifs is 2. The van der Waals surface area contributed by atoms with Crippen molar-refractivity contribution < 1.29 is 4.74 Å². The monoisotopic (exact) mass is 222 g/mol. The summed E-state index contributed by atoms with van der Waals surface area (Å²) in [5.41, 5.74) is 9.72. The Morgan fingerprint density at radius 2 is 2.07 bits per heavy atom. The minimum Gasteiger partial charge on any atom is -0.464 e. The highest BCUT2D eigenvalue weighted by Gasteiger charge is 2.18. The van der Waals surface area contributed by atoms with Crippen molar-refractivity contribution in [2.45, 2.75) is 0 Å². The van der Waals surface area contributed by atoms with E-state index in [-0.39, 0.29) is 12.4 Å². The number of hydrazine groups is 1. The Balaban J connectivity index is 0.000000853. The van der Waals surface area contributed by atoms with E-state index in [1.165, 1.54) is 5.57 Å². The van der Waals surface area contributed by atoms with Crippen LogP contribution in [0.25, 0.3) is 5.70 Å². The summed E-state index contributed by atoms with van der Waals surface area (Å²) < 4.78 is 5.49. The predicted molar refractivity (Wildman–Crippen MR) is 61.5 cm³/mol. The van der Waals surface area contributed by atoms with Crippen LogP contribution in [-0.4, -0.2) is 6.54 Å². The van der Waals surface area contributed by atoms with E-state index >= 15 is 0 Å². The van der Waals surface area contributed by atoms with Crippen molar-refractivity contribution in [3.05, 3.63) is 47.7 Å². The second-order valence-corrected chi connectivity index (χ2v) is 3.30. The molecule has 0 aromatic heterocycles. The maximum atomic E-state index is 5.49. The van der Waals surface area contributed by atoms with Gasteiger partial charge in [0.15, 0.2) is 0 Å². The van der Waals surface area contributed by atoms with E-state index in [9.17, 15) is 0 Å². The van der Waals surface area contributed by atoms with Crippen LogP contribution in [0.1, 0.15) is 5.56 Å². The molecule has 78 valence electrons. The van der Waals surface area contributed by atoms with Gasteiger partial charge in [0, 0.05) is 12.1 Å². The third-order valence-corrected chi connectivity index (χ3v) is 2.43. The lowest BCUT2D eigenvalue weighted by molar-refractivity contribution is 0.479. The third-order valence-electron chi connectivity index (χ3n) is 2.43. The first kappa shape index (κ1) is 10.1. The summed E-state index contributed by atoms with van der Waals surface area (Å²) in [7, 11) is 0. The highest BCUT2D eigenvalue weighted by atomic mass is 35.5. The first-order valence-corrected chi connectivity index (χ1v) is 4.60. The summed E-state index contributed by atoms with van der Waals surface area (Å²) in [5, 5.41) is 0. The molecule has 0 aliphatic carbocycles. The first-order valence-electron chi connectivity index (χ1n) is 4.60. The standard InChI is InChI=1S/C11H10N2O.ClH/c1-2-4-10-9(3-1)11-8(5-6-14-10)7-12-13-11;/h1-6,12-13H,7H2;1H. The number of halogens is 1. The van der Waals surface area contributed by atoms with Gasteiger partial charge in [-0.2, -0.15) is 0 Å². The molecule has 0 unspecified atom stereocenters. The highest BCUT2D eigenvalue weighted by molar-refractivity contribution is 5.85. The smallest absolute Gasteiger partial charge is 0.135 e. The molecule has 0 saturated carbocycles. The predicted octanol–water partition coefficient (Wildman–Crippen LogP) is 1.83. The number of para-hydroxylation sites is 1. The molecular formula is C11H11ClN2O. The SMILES string of the molecule is C1=CC2=C(NNC2)c2ccccc2O1.Cl. The third kappa shape index (κ3) is 1.60. The van der Waals surface area contributed by atoms with E-state index in [2.05, 4.69) is 16.9 Å². The van der Waals surface area contributed by atoms with E-state index < -0.39 is 0 Å². The number of rotatable bonds is 0. The molecule has 4 heteroatoms. The Morgan fingerprint density at radius 3 is 3.00 bits per heavy atom. The largest absolute Gasteiger partial charge is 0.464 e. The Labute approximate surface area is 94.2 Å². The summed E-state index contributed by atoms with van der Waals surface area (Å²) in [4.78, 5) is 0. The van der Waals surface area contributed by atoms with Crippen LogP contribution in [0.2, 0.25) is 0 Å². The second-order valence-electron chi connectivity index (χ2n) is 3.30. The van der Waals surface area contributed by atoms with Crippen LogP contribution in [0.4, 0.5) is 0 Å². The molecule has 0 spiro atoms. The first-order chi connectivity index (χ1) is 6.95. The van der Waals surface area contributed by atoms with Gasteiger partial charge in [-0.3, -0.25) is 0 Å². The topological polar surface area (TPSA) is 33.3 Å². The molecular weight excluding hydrogens is 212 g/mol. The van der Waals surface area contributed by atoms with Gasteiger partial charge in [0.2, 0.25) is 0 Å². The Bertz CT molecular complexity index is 440. The summed E-state index contributed by atoms with van der Waals surface area (Å²) in [6.45, 7) is 0.837. The van der Waals surface area contributed by atoms with E-state index in [0.29, 0.717) is 0 Å². The van der Waals surface area contributed by atoms with Crippen molar-refractivity contribution in [2.75, 3.05) is 6.54 Å². The van der Waals surface area contributed by atoms with Crippen LogP contribution in [0.15, 0.2) is 42.2 Å². The second kappa shape index (κ2) is 3.96. The van der Waals surface area contributed by atoms with E-state index in [4.69, 9.17) is 4.74 Å². The zero-order chi connectivity index (χ0) is 9.38. The quantitative estimate of drug-likeness (QED) is 0.703. The fraction of sp³-hybridized carbons (Fsp3) is 0.0909. The average Bonchev–Trinajstić information content (AvgIpc) is 2.61. The Hall–Kier alpha value is -1.45. The molecule has 2 N–H and O–H groups in total. The van der Waals surface area contributed by atoms with Gasteiger partial charge in [-0.1, -0.05) is 12.1 Å². The number of hydrogen-bond acceptors (Lipinski definition) is 3. The number of nitrogens with one attached hydrogen (secondary N) is 2. The minimum absolute atomic E-state index is 0. The van der Waals surface area contributed by atoms with Gasteiger partial charge < -0.3 is 10.2 Å². The number of ether oxygens (including phenoxy) is 1. The molecule has 2 heterocycles. The van der Waals surface area contributed by atoms with Gasteiger partial charge in [0.05, 0.1) is 12.0 Å². The van der Waals surface area contributed by atoms with E-state index in [1.54, 1.807) is 6.26 Å². The molecule has 2 aliphatic rings. The van der Waals surface area contributed by atoms with Crippen molar-refractivity contribution >= 4 is 18.1 Å². The summed E-state index contributed by atoms with van der Waals surface area (Å²) in [6.07, 6.45) is 3.72. The van der Waals surface area contributed by atoms with Gasteiger partial charge in [-0.05, 0) is 23.8 Å². The normalized spacial score (nSPS) is 16.8. The molecule has 0 atom stereocenters. The molecule has 15 heavy (non-hydrogen) atoms. The van der Waals surface area contributed by atoms with Gasteiger partial charge in [0.25, 0.3) is 0 Å². The van der Waals surface area contributed by atoms with E-state index in [1.807, 2.05) is 24.3 Å². The van der Waals surface area contributed by atoms with E-state index in [0.717, 1.165) is 23.6 Å². The lowest BCUT2D eigenvalue weighted by atomic mass is 10.1. The van der Waals surface area contributed by atoms with Crippen LogP contribution >= 0.6 is 12.4 Å². The highest BCUT2D eigenvalue weighted by Crippen LogP contribution is 2.30. The van der Waals surface area contributed by atoms with Crippen LogP contribution in [0.5, 0.6) is 5.75 Å². The zero-order valence-electron chi connectivity index (χ0n) is 7.99. The minimum atomic E-state index is 0. The molecule has 2 aliphatic heterocycles. The van der Waals surface area contributed by atoms with Crippen LogP contribution < -0.4 is 15.6 Å². The Kier molecular flexibility index (Phi) is 2.66. The summed E-state index contributed by atoms with van der Waals surface area (Å²) in [5.74, 6) is 0.893. The van der Waals surface area contributed by atoms with Crippen molar-refractivity contribution in [3.8, 4) is 5.75 Å². The van der Waals surface area contributed by atoms with Crippen LogP contribution in [0, 0.1) is 0 Å². The summed E-state index contributed by atoms with van der Waals surface area (Å²) in [6, 6.07) is 8.01. The number of benzene rings is 1. The average molecular weight is 223 g/mol. The molecule has 3 rings (SSSR count). The van der Waals surface area contributed by atoms with Crippen molar-refractivity contribution in [2.24, 2.45) is 0 Å². The molecule has 0 saturated heterocycles. The fourth-order valence-corrected chi connectivity index (χ4v) is 1.74. The molecule has 1 aromatic rings. The molecule has 0 bridgehead atoms. The lowest BCUT2D eigenvalue weighted by Crippen LogP contribution is -2.23. The van der Waals surface area contributed by atoms with Crippen LogP contribution in [-0.2, 0) is 0 Å². The molecule has 0 amide bonds. The lowest BCUT2D eigenvalue weighted by Gasteiger charge is -2.08. The number of hydrogen-bond donors (Lipinski definition) is 2. The zero-order valence-corrected chi connectivity index (χ0v) is 8.80. The van der Waals surface area contributed by atoms with Crippen LogP contribution in [0.3, 0.4) is 0 Å². The van der Waals surface area contributed by atoms with Gasteiger partial charge in [-0.25, -0.2) is 5.43 Å². The van der Waals surface area contributed by atoms with Crippen molar-refractivity contribution in [1.29, 1.82) is 0 Å². The van der Waals surface area contributed by atoms with Crippen molar-refractivity contribution in [1.82, 2.24) is 10.9 Å². The molecule has 0 fully saturated rings. The van der Waals surface area contributed by atoms with Gasteiger partial charge in [0.1, 0.15) is 5.75 Å². The molecule has 3 nitrogen and oxygen atoms in total.